The average Bonchev–Trinajstić information content (AvgIpc) is 2.74. The summed E-state index contributed by atoms with van der Waals surface area (Å²) in [5.74, 6) is -4.70. The fourth-order valence-corrected chi connectivity index (χ4v) is 2.97. The fourth-order valence-electron chi connectivity index (χ4n) is 2.97. The summed E-state index contributed by atoms with van der Waals surface area (Å²) in [7, 11) is 0. The highest BCUT2D eigenvalue weighted by molar-refractivity contribution is 6.43. The van der Waals surface area contributed by atoms with Crippen molar-refractivity contribution in [1.82, 2.24) is 10.2 Å². The highest BCUT2D eigenvalue weighted by Gasteiger charge is 2.23. The molecule has 0 spiro atoms. The molecule has 0 saturated carbocycles. The maximum atomic E-state index is 13.2. The first-order valence-electron chi connectivity index (χ1n) is 8.81. The highest BCUT2D eigenvalue weighted by atomic mass is 19.2. The first-order valence-corrected chi connectivity index (χ1v) is 8.81. The molecule has 6 nitrogen and oxygen atoms in total. The van der Waals surface area contributed by atoms with Crippen molar-refractivity contribution in [3.63, 3.8) is 0 Å². The topological polar surface area (TPSA) is 69.7 Å². The number of nitrogens with zero attached hydrogens (tertiary/aromatic N) is 2. The van der Waals surface area contributed by atoms with Crippen LogP contribution in [0.15, 0.2) is 48.5 Å². The molecule has 0 atom stereocenters. The lowest BCUT2D eigenvalue weighted by Gasteiger charge is -2.36. The first-order chi connectivity index (χ1) is 13.5. The van der Waals surface area contributed by atoms with E-state index in [1.807, 2.05) is 30.3 Å². The van der Waals surface area contributed by atoms with E-state index < -0.39 is 23.3 Å². The molecule has 0 aliphatic carbocycles. The second kappa shape index (κ2) is 8.60. The van der Waals surface area contributed by atoms with Gasteiger partial charge in [0, 0.05) is 37.4 Å². The van der Waals surface area contributed by atoms with Crippen molar-refractivity contribution in [1.29, 1.82) is 0 Å². The van der Waals surface area contributed by atoms with Gasteiger partial charge in [-0.15, -0.1) is 0 Å². The minimum atomic E-state index is -1.22. The van der Waals surface area contributed by atoms with Crippen molar-refractivity contribution < 1.29 is 23.2 Å². The SMILES string of the molecule is O=C(NCC(=O)N1CCN(c2ccccc2)CC1)C(=O)c1ccc(F)c(F)c1. The summed E-state index contributed by atoms with van der Waals surface area (Å²) in [6.07, 6.45) is 0. The Kier molecular flexibility index (Phi) is 5.98. The Hall–Kier alpha value is -3.29. The number of Topliss-reactive ketones (excluding diaryl/α,β-unsaturated/α-hetero) is 1. The van der Waals surface area contributed by atoms with Gasteiger partial charge in [0.1, 0.15) is 0 Å². The molecule has 3 rings (SSSR count). The Bertz CT molecular complexity index is 882. The van der Waals surface area contributed by atoms with Gasteiger partial charge in [-0.3, -0.25) is 14.4 Å². The number of halogens is 2. The van der Waals surface area contributed by atoms with E-state index in [-0.39, 0.29) is 18.0 Å². The van der Waals surface area contributed by atoms with Gasteiger partial charge >= 0.3 is 0 Å². The molecule has 0 aromatic heterocycles. The Labute approximate surface area is 160 Å². The zero-order valence-electron chi connectivity index (χ0n) is 15.0. The number of ketones is 1. The third-order valence-corrected chi connectivity index (χ3v) is 4.54. The predicted octanol–water partition coefficient (Wildman–Crippen LogP) is 1.61. The van der Waals surface area contributed by atoms with Gasteiger partial charge in [0.15, 0.2) is 11.6 Å². The van der Waals surface area contributed by atoms with E-state index in [0.29, 0.717) is 32.2 Å². The van der Waals surface area contributed by atoms with Crippen LogP contribution < -0.4 is 10.2 Å². The molecule has 0 bridgehead atoms. The van der Waals surface area contributed by atoms with Gasteiger partial charge < -0.3 is 15.1 Å². The van der Waals surface area contributed by atoms with E-state index in [1.54, 1.807) is 4.90 Å². The van der Waals surface area contributed by atoms with Gasteiger partial charge in [0.2, 0.25) is 11.7 Å². The molecule has 2 aromatic rings. The molecule has 1 fully saturated rings. The van der Waals surface area contributed by atoms with Crippen LogP contribution in [0.3, 0.4) is 0 Å². The number of amides is 2. The molecule has 28 heavy (non-hydrogen) atoms. The number of anilines is 1. The van der Waals surface area contributed by atoms with Gasteiger partial charge in [-0.25, -0.2) is 8.78 Å². The van der Waals surface area contributed by atoms with E-state index >= 15 is 0 Å². The van der Waals surface area contributed by atoms with E-state index in [4.69, 9.17) is 0 Å². The van der Waals surface area contributed by atoms with Crippen LogP contribution in [0.25, 0.3) is 0 Å². The van der Waals surface area contributed by atoms with Crippen molar-refractivity contribution in [2.24, 2.45) is 0 Å². The number of benzene rings is 2. The van der Waals surface area contributed by atoms with E-state index in [1.165, 1.54) is 0 Å². The van der Waals surface area contributed by atoms with Gasteiger partial charge in [0.05, 0.1) is 6.54 Å². The van der Waals surface area contributed by atoms with Gasteiger partial charge in [0.25, 0.3) is 5.91 Å². The molecule has 0 radical (unpaired) electrons. The van der Waals surface area contributed by atoms with E-state index in [9.17, 15) is 23.2 Å². The zero-order chi connectivity index (χ0) is 20.1. The maximum absolute atomic E-state index is 13.2. The molecular weight excluding hydrogens is 368 g/mol. The summed E-state index contributed by atoms with van der Waals surface area (Å²) in [6, 6.07) is 12.3. The second-order valence-electron chi connectivity index (χ2n) is 6.34. The number of hydrogen-bond acceptors (Lipinski definition) is 4. The van der Waals surface area contributed by atoms with Gasteiger partial charge in [-0.1, -0.05) is 18.2 Å². The predicted molar refractivity (Wildman–Crippen MR) is 98.9 cm³/mol. The third-order valence-electron chi connectivity index (χ3n) is 4.54. The minimum Gasteiger partial charge on any atom is -0.368 e. The number of rotatable bonds is 5. The Balaban J connectivity index is 1.48. The number of para-hydroxylation sites is 1. The van der Waals surface area contributed by atoms with Crippen LogP contribution >= 0.6 is 0 Å². The molecular formula is C20H19F2N3O3. The van der Waals surface area contributed by atoms with Crippen molar-refractivity contribution in [2.45, 2.75) is 0 Å². The first kappa shape index (κ1) is 19.5. The summed E-state index contributed by atoms with van der Waals surface area (Å²) in [4.78, 5) is 39.9. The zero-order valence-corrected chi connectivity index (χ0v) is 15.0. The largest absolute Gasteiger partial charge is 0.368 e. The number of carbonyl (C=O) groups excluding carboxylic acids is 3. The lowest BCUT2D eigenvalue weighted by Crippen LogP contribution is -2.51. The normalized spacial score (nSPS) is 13.9. The highest BCUT2D eigenvalue weighted by Crippen LogP contribution is 2.15. The van der Waals surface area contributed by atoms with Crippen LogP contribution in [-0.2, 0) is 9.59 Å². The van der Waals surface area contributed by atoms with E-state index in [2.05, 4.69) is 10.2 Å². The Morgan fingerprint density at radius 1 is 0.893 bits per heavy atom. The third kappa shape index (κ3) is 4.51. The summed E-state index contributed by atoms with van der Waals surface area (Å²) >= 11 is 0. The molecule has 1 heterocycles. The molecule has 1 aliphatic heterocycles. The molecule has 1 aliphatic rings. The monoisotopic (exact) mass is 387 g/mol. The molecule has 2 amide bonds. The lowest BCUT2D eigenvalue weighted by atomic mass is 10.1. The van der Waals surface area contributed by atoms with Crippen molar-refractivity contribution >= 4 is 23.3 Å². The molecule has 1 N–H and O–H groups in total. The summed E-state index contributed by atoms with van der Waals surface area (Å²) in [5, 5.41) is 2.25. The van der Waals surface area contributed by atoms with Crippen LogP contribution in [0.2, 0.25) is 0 Å². The van der Waals surface area contributed by atoms with Crippen LogP contribution in [0.1, 0.15) is 10.4 Å². The molecule has 2 aromatic carbocycles. The maximum Gasteiger partial charge on any atom is 0.292 e. The van der Waals surface area contributed by atoms with Crippen LogP contribution in [0, 0.1) is 11.6 Å². The molecule has 146 valence electrons. The van der Waals surface area contributed by atoms with Gasteiger partial charge in [-0.2, -0.15) is 0 Å². The van der Waals surface area contributed by atoms with Crippen molar-refractivity contribution in [3.8, 4) is 0 Å². The Morgan fingerprint density at radius 3 is 2.21 bits per heavy atom. The van der Waals surface area contributed by atoms with Crippen molar-refractivity contribution in [2.75, 3.05) is 37.6 Å². The van der Waals surface area contributed by atoms with Crippen LogP contribution in [0.5, 0.6) is 0 Å². The average molecular weight is 387 g/mol. The quantitative estimate of drug-likeness (QED) is 0.625. The van der Waals surface area contributed by atoms with Crippen LogP contribution in [0.4, 0.5) is 14.5 Å². The number of piperazine rings is 1. The summed E-state index contributed by atoms with van der Waals surface area (Å²) < 4.78 is 26.1. The molecule has 8 heteroatoms. The number of nitrogens with one attached hydrogen (secondary N) is 1. The lowest BCUT2D eigenvalue weighted by molar-refractivity contribution is -0.132. The minimum absolute atomic E-state index is 0.277. The van der Waals surface area contributed by atoms with E-state index in [0.717, 1.165) is 17.8 Å². The number of carbonyl (C=O) groups is 3. The van der Waals surface area contributed by atoms with Gasteiger partial charge in [-0.05, 0) is 30.3 Å². The summed E-state index contributed by atoms with van der Waals surface area (Å²) in [6.45, 7) is 2.00. The molecule has 1 saturated heterocycles. The van der Waals surface area contributed by atoms with Crippen molar-refractivity contribution in [3.05, 3.63) is 65.7 Å². The second-order valence-corrected chi connectivity index (χ2v) is 6.34. The molecule has 0 unspecified atom stereocenters. The van der Waals surface area contributed by atoms with Crippen LogP contribution in [-0.4, -0.2) is 55.2 Å². The standard InChI is InChI=1S/C20H19F2N3O3/c21-16-7-6-14(12-17(16)22)19(27)20(28)23-13-18(26)25-10-8-24(9-11-25)15-4-2-1-3-5-15/h1-7,12H,8-11,13H2,(H,23,28). The number of hydrogen-bond donors (Lipinski definition) is 1. The Morgan fingerprint density at radius 2 is 1.57 bits per heavy atom. The smallest absolute Gasteiger partial charge is 0.292 e. The fraction of sp³-hybridized carbons (Fsp3) is 0.250. The summed E-state index contributed by atoms with van der Waals surface area (Å²) in [5.41, 5.74) is 0.806.